The lowest BCUT2D eigenvalue weighted by atomic mass is 10.1. The molecule has 0 saturated heterocycles. The van der Waals surface area contributed by atoms with Crippen molar-refractivity contribution in [2.24, 2.45) is 7.05 Å². The number of rotatable bonds is 6. The molecule has 2 aromatic rings. The molecule has 6 heteroatoms. The lowest BCUT2D eigenvalue weighted by Crippen LogP contribution is -2.27. The lowest BCUT2D eigenvalue weighted by molar-refractivity contribution is 0.0954. The van der Waals surface area contributed by atoms with Crippen LogP contribution in [0.15, 0.2) is 24.5 Å². The highest BCUT2D eigenvalue weighted by Gasteiger charge is 2.11. The van der Waals surface area contributed by atoms with Crippen LogP contribution in [0.3, 0.4) is 0 Å². The van der Waals surface area contributed by atoms with E-state index in [1.165, 1.54) is 0 Å². The maximum atomic E-state index is 12.3. The number of anilines is 1. The predicted octanol–water partition coefficient (Wildman–Crippen LogP) is 1.53. The number of aromatic nitrogens is 3. The molecule has 0 aliphatic rings. The van der Waals surface area contributed by atoms with Gasteiger partial charge in [0, 0.05) is 32.2 Å². The number of amides is 1. The monoisotopic (exact) mass is 287 g/mol. The van der Waals surface area contributed by atoms with Gasteiger partial charge in [-0.25, -0.2) is 0 Å². The van der Waals surface area contributed by atoms with E-state index < -0.39 is 0 Å². The van der Waals surface area contributed by atoms with Crippen LogP contribution in [-0.2, 0) is 13.5 Å². The number of hydrogen-bond acceptors (Lipinski definition) is 4. The molecule has 1 heterocycles. The molecule has 112 valence electrons. The van der Waals surface area contributed by atoms with Crippen molar-refractivity contribution in [3.8, 4) is 0 Å². The Morgan fingerprint density at radius 1 is 1.38 bits per heavy atom. The van der Waals surface area contributed by atoms with Gasteiger partial charge in [-0.1, -0.05) is 6.07 Å². The van der Waals surface area contributed by atoms with Gasteiger partial charge in [0.15, 0.2) is 0 Å². The molecule has 0 fully saturated rings. The Morgan fingerprint density at radius 2 is 2.19 bits per heavy atom. The van der Waals surface area contributed by atoms with Crippen LogP contribution < -0.4 is 10.6 Å². The molecule has 21 heavy (non-hydrogen) atoms. The van der Waals surface area contributed by atoms with Crippen LogP contribution in [0.2, 0.25) is 0 Å². The number of benzene rings is 1. The number of hydrogen-bond donors (Lipinski definition) is 2. The first-order valence-corrected chi connectivity index (χ1v) is 7.07. The Bertz CT molecular complexity index is 620. The molecule has 2 rings (SSSR count). The van der Waals surface area contributed by atoms with E-state index in [4.69, 9.17) is 0 Å². The molecule has 0 bridgehead atoms. The second-order valence-corrected chi connectivity index (χ2v) is 4.94. The van der Waals surface area contributed by atoms with Crippen molar-refractivity contribution < 1.29 is 4.79 Å². The van der Waals surface area contributed by atoms with Gasteiger partial charge in [-0.2, -0.15) is 0 Å². The highest BCUT2D eigenvalue weighted by Crippen LogP contribution is 2.17. The van der Waals surface area contributed by atoms with E-state index in [0.717, 1.165) is 23.6 Å². The zero-order chi connectivity index (χ0) is 15.2. The molecule has 0 unspecified atom stereocenters. The molecule has 6 nitrogen and oxygen atoms in total. The Hall–Kier alpha value is -2.37. The predicted molar refractivity (Wildman–Crippen MR) is 82.4 cm³/mol. The summed E-state index contributed by atoms with van der Waals surface area (Å²) in [5.74, 6) is 0.777. The summed E-state index contributed by atoms with van der Waals surface area (Å²) in [4.78, 5) is 12.3. The summed E-state index contributed by atoms with van der Waals surface area (Å²) in [5, 5.41) is 14.0. The van der Waals surface area contributed by atoms with Crippen LogP contribution in [0.5, 0.6) is 0 Å². The van der Waals surface area contributed by atoms with Gasteiger partial charge >= 0.3 is 0 Å². The normalized spacial score (nSPS) is 10.4. The van der Waals surface area contributed by atoms with E-state index in [9.17, 15) is 4.79 Å². The molecule has 0 aliphatic carbocycles. The quantitative estimate of drug-likeness (QED) is 0.845. The number of nitrogens with zero attached hydrogens (tertiary/aromatic N) is 3. The molecule has 2 N–H and O–H groups in total. The van der Waals surface area contributed by atoms with Crippen molar-refractivity contribution in [3.05, 3.63) is 41.5 Å². The summed E-state index contributed by atoms with van der Waals surface area (Å²) in [6, 6.07) is 5.78. The van der Waals surface area contributed by atoms with E-state index in [2.05, 4.69) is 20.8 Å². The Balaban J connectivity index is 1.98. The van der Waals surface area contributed by atoms with E-state index in [0.29, 0.717) is 18.5 Å². The minimum atomic E-state index is -0.0758. The number of carbonyl (C=O) groups is 1. The molecule has 0 saturated carbocycles. The fourth-order valence-corrected chi connectivity index (χ4v) is 2.11. The third kappa shape index (κ3) is 3.81. The van der Waals surface area contributed by atoms with Crippen molar-refractivity contribution in [1.29, 1.82) is 0 Å². The highest BCUT2D eigenvalue weighted by atomic mass is 16.1. The minimum absolute atomic E-state index is 0.0758. The Kier molecular flexibility index (Phi) is 4.92. The van der Waals surface area contributed by atoms with Crippen LogP contribution in [0.25, 0.3) is 0 Å². The van der Waals surface area contributed by atoms with Gasteiger partial charge in [0.05, 0.1) is 5.56 Å². The first-order chi connectivity index (χ1) is 10.1. The van der Waals surface area contributed by atoms with Crippen LogP contribution in [-0.4, -0.2) is 33.8 Å². The smallest absolute Gasteiger partial charge is 0.253 e. The average molecular weight is 287 g/mol. The van der Waals surface area contributed by atoms with Gasteiger partial charge < -0.3 is 15.2 Å². The molecule has 1 aromatic carbocycles. The molecule has 0 spiro atoms. The van der Waals surface area contributed by atoms with Crippen LogP contribution in [0, 0.1) is 6.92 Å². The van der Waals surface area contributed by atoms with E-state index in [1.807, 2.05) is 43.7 Å². The van der Waals surface area contributed by atoms with Crippen molar-refractivity contribution in [2.75, 3.05) is 18.4 Å². The summed E-state index contributed by atoms with van der Waals surface area (Å²) >= 11 is 0. The third-order valence-electron chi connectivity index (χ3n) is 3.23. The fraction of sp³-hybridized carbons (Fsp3) is 0.400. The standard InChI is InChI=1S/C15H21N5O/c1-4-16-13-9-11(2)5-6-12(13)15(21)17-8-7-14-19-18-10-20(14)3/h5-6,9-10,16H,4,7-8H2,1-3H3,(H,17,21). The second kappa shape index (κ2) is 6.88. The van der Waals surface area contributed by atoms with Gasteiger partial charge in [0.1, 0.15) is 12.2 Å². The second-order valence-electron chi connectivity index (χ2n) is 4.94. The van der Waals surface area contributed by atoms with E-state index >= 15 is 0 Å². The molecule has 0 aliphatic heterocycles. The van der Waals surface area contributed by atoms with Gasteiger partial charge in [-0.3, -0.25) is 4.79 Å². The SMILES string of the molecule is CCNc1cc(C)ccc1C(=O)NCCc1nncn1C. The van der Waals surface area contributed by atoms with Gasteiger partial charge in [0.25, 0.3) is 5.91 Å². The average Bonchev–Trinajstić information content (AvgIpc) is 2.85. The zero-order valence-electron chi connectivity index (χ0n) is 12.7. The van der Waals surface area contributed by atoms with E-state index in [1.54, 1.807) is 6.33 Å². The topological polar surface area (TPSA) is 71.8 Å². The Labute approximate surface area is 124 Å². The molecule has 1 aromatic heterocycles. The van der Waals surface area contributed by atoms with Crippen molar-refractivity contribution >= 4 is 11.6 Å². The third-order valence-corrected chi connectivity index (χ3v) is 3.23. The molecule has 0 atom stereocenters. The van der Waals surface area contributed by atoms with Crippen molar-refractivity contribution in [2.45, 2.75) is 20.3 Å². The Morgan fingerprint density at radius 3 is 2.86 bits per heavy atom. The largest absolute Gasteiger partial charge is 0.385 e. The first-order valence-electron chi connectivity index (χ1n) is 7.07. The number of nitrogens with one attached hydrogen (secondary N) is 2. The zero-order valence-corrected chi connectivity index (χ0v) is 12.7. The minimum Gasteiger partial charge on any atom is -0.385 e. The maximum Gasteiger partial charge on any atom is 0.253 e. The van der Waals surface area contributed by atoms with Gasteiger partial charge in [0.2, 0.25) is 0 Å². The van der Waals surface area contributed by atoms with Gasteiger partial charge in [-0.15, -0.1) is 10.2 Å². The summed E-state index contributed by atoms with van der Waals surface area (Å²) < 4.78 is 1.85. The summed E-state index contributed by atoms with van der Waals surface area (Å²) in [5.41, 5.74) is 2.66. The number of aryl methyl sites for hydroxylation is 2. The van der Waals surface area contributed by atoms with E-state index in [-0.39, 0.29) is 5.91 Å². The van der Waals surface area contributed by atoms with Gasteiger partial charge in [-0.05, 0) is 31.5 Å². The lowest BCUT2D eigenvalue weighted by Gasteiger charge is -2.12. The van der Waals surface area contributed by atoms with Crippen LogP contribution in [0.1, 0.15) is 28.7 Å². The molecule has 0 radical (unpaired) electrons. The maximum absolute atomic E-state index is 12.3. The summed E-state index contributed by atoms with van der Waals surface area (Å²) in [6.07, 6.45) is 2.31. The fourth-order valence-electron chi connectivity index (χ4n) is 2.11. The molecular formula is C15H21N5O. The highest BCUT2D eigenvalue weighted by molar-refractivity contribution is 5.99. The van der Waals surface area contributed by atoms with Crippen molar-refractivity contribution in [1.82, 2.24) is 20.1 Å². The number of carbonyl (C=O) groups excluding carboxylic acids is 1. The van der Waals surface area contributed by atoms with Crippen molar-refractivity contribution in [3.63, 3.8) is 0 Å². The molecular weight excluding hydrogens is 266 g/mol. The first kappa shape index (κ1) is 15.0. The summed E-state index contributed by atoms with van der Waals surface area (Å²) in [7, 11) is 1.89. The summed E-state index contributed by atoms with van der Waals surface area (Å²) in [6.45, 7) is 5.34. The van der Waals surface area contributed by atoms with Crippen LogP contribution >= 0.6 is 0 Å². The van der Waals surface area contributed by atoms with Crippen LogP contribution in [0.4, 0.5) is 5.69 Å². The molecule has 1 amide bonds.